The Morgan fingerprint density at radius 2 is 2.16 bits per heavy atom. The summed E-state index contributed by atoms with van der Waals surface area (Å²) in [6.07, 6.45) is 0. The van der Waals surface area contributed by atoms with E-state index in [9.17, 15) is 9.90 Å². The molecule has 0 spiro atoms. The van der Waals surface area contributed by atoms with Crippen LogP contribution in [0.5, 0.6) is 11.5 Å². The topological polar surface area (TPSA) is 67.8 Å². The number of benzene rings is 1. The van der Waals surface area contributed by atoms with Crippen molar-refractivity contribution < 1.29 is 19.4 Å². The van der Waals surface area contributed by atoms with E-state index in [0.29, 0.717) is 0 Å². The van der Waals surface area contributed by atoms with Crippen LogP contribution in [-0.2, 0) is 4.79 Å². The number of carboxylic acids is 1. The largest absolute Gasteiger partial charge is 0.480 e. The van der Waals surface area contributed by atoms with Crippen LogP contribution in [0.4, 0.5) is 0 Å². The highest BCUT2D eigenvalue weighted by molar-refractivity contribution is 8.01. The van der Waals surface area contributed by atoms with E-state index < -0.39 is 12.0 Å². The van der Waals surface area contributed by atoms with Gasteiger partial charge in [-0.2, -0.15) is 0 Å². The maximum absolute atomic E-state index is 11.3. The van der Waals surface area contributed by atoms with Gasteiger partial charge in [-0.05, 0) is 31.5 Å². The highest BCUT2D eigenvalue weighted by atomic mass is 32.2. The van der Waals surface area contributed by atoms with Gasteiger partial charge in [-0.25, -0.2) is 0 Å². The summed E-state index contributed by atoms with van der Waals surface area (Å²) < 4.78 is 10.3. The van der Waals surface area contributed by atoms with Crippen molar-refractivity contribution in [1.29, 1.82) is 0 Å². The standard InChI is InChI=1S/C13H15NO4S/c1-13(2)10(12(15)16)14-11(19-13)7-3-4-8-9(5-7)18-6-17-8/h3-5,10-11,14H,6H2,1-2H3,(H,15,16)/t10-,11+/m1/s1. The number of carboxylic acid groups (broad SMARTS) is 1. The maximum atomic E-state index is 11.3. The molecule has 0 aliphatic carbocycles. The molecule has 5 nitrogen and oxygen atoms in total. The van der Waals surface area contributed by atoms with Gasteiger partial charge in [0.15, 0.2) is 11.5 Å². The third kappa shape index (κ3) is 2.15. The second kappa shape index (κ2) is 4.31. The Labute approximate surface area is 115 Å². The van der Waals surface area contributed by atoms with Gasteiger partial charge in [-0.1, -0.05) is 6.07 Å². The highest BCUT2D eigenvalue weighted by Gasteiger charge is 2.45. The zero-order valence-corrected chi connectivity index (χ0v) is 11.5. The molecular formula is C13H15NO4S. The van der Waals surface area contributed by atoms with Crippen molar-refractivity contribution in [2.24, 2.45) is 0 Å². The fourth-order valence-electron chi connectivity index (χ4n) is 2.37. The van der Waals surface area contributed by atoms with Crippen LogP contribution in [0.1, 0.15) is 24.8 Å². The molecule has 2 N–H and O–H groups in total. The molecule has 0 radical (unpaired) electrons. The molecule has 2 heterocycles. The summed E-state index contributed by atoms with van der Waals surface area (Å²) in [4.78, 5) is 11.3. The number of thioether (sulfide) groups is 1. The summed E-state index contributed by atoms with van der Waals surface area (Å²) in [5, 5.41) is 12.4. The van der Waals surface area contributed by atoms with E-state index in [2.05, 4.69) is 5.32 Å². The van der Waals surface area contributed by atoms with Crippen LogP contribution in [-0.4, -0.2) is 28.7 Å². The third-order valence-corrected chi connectivity index (χ3v) is 4.87. The molecule has 2 atom stereocenters. The summed E-state index contributed by atoms with van der Waals surface area (Å²) in [5.41, 5.74) is 1.01. The highest BCUT2D eigenvalue weighted by Crippen LogP contribution is 2.47. The maximum Gasteiger partial charge on any atom is 0.322 e. The second-order valence-electron chi connectivity index (χ2n) is 5.15. The van der Waals surface area contributed by atoms with Gasteiger partial charge in [0.25, 0.3) is 0 Å². The van der Waals surface area contributed by atoms with E-state index >= 15 is 0 Å². The number of hydrogen-bond acceptors (Lipinski definition) is 5. The first-order chi connectivity index (χ1) is 8.97. The third-order valence-electron chi connectivity index (χ3n) is 3.38. The average Bonchev–Trinajstić information content (AvgIpc) is 2.91. The molecule has 0 bridgehead atoms. The van der Waals surface area contributed by atoms with Crippen LogP contribution >= 0.6 is 11.8 Å². The zero-order chi connectivity index (χ0) is 13.6. The smallest absolute Gasteiger partial charge is 0.322 e. The van der Waals surface area contributed by atoms with Gasteiger partial charge in [0, 0.05) is 4.75 Å². The number of carbonyl (C=O) groups is 1. The van der Waals surface area contributed by atoms with Gasteiger partial charge in [-0.3, -0.25) is 10.1 Å². The molecule has 0 amide bonds. The predicted octanol–water partition coefficient (Wildman–Crippen LogP) is 1.98. The van der Waals surface area contributed by atoms with E-state index in [4.69, 9.17) is 9.47 Å². The molecule has 2 aliphatic rings. The van der Waals surface area contributed by atoms with Gasteiger partial charge in [-0.15, -0.1) is 11.8 Å². The van der Waals surface area contributed by atoms with Crippen LogP contribution in [0.3, 0.4) is 0 Å². The summed E-state index contributed by atoms with van der Waals surface area (Å²) in [5.74, 6) is 0.637. The van der Waals surface area contributed by atoms with E-state index in [-0.39, 0.29) is 16.9 Å². The molecule has 3 rings (SSSR count). The first-order valence-electron chi connectivity index (χ1n) is 6.03. The van der Waals surface area contributed by atoms with Gasteiger partial charge in [0.1, 0.15) is 6.04 Å². The van der Waals surface area contributed by atoms with Crippen molar-refractivity contribution in [3.8, 4) is 11.5 Å². The van der Waals surface area contributed by atoms with Crippen LogP contribution in [0.2, 0.25) is 0 Å². The first kappa shape index (κ1) is 12.6. The fraction of sp³-hybridized carbons (Fsp3) is 0.462. The Kier molecular flexibility index (Phi) is 2.87. The summed E-state index contributed by atoms with van der Waals surface area (Å²) in [6, 6.07) is 5.15. The normalized spacial score (nSPS) is 27.5. The summed E-state index contributed by atoms with van der Waals surface area (Å²) >= 11 is 1.61. The second-order valence-corrected chi connectivity index (χ2v) is 6.91. The lowest BCUT2D eigenvalue weighted by atomic mass is 10.0. The molecule has 0 saturated carbocycles. The molecule has 0 unspecified atom stereocenters. The van der Waals surface area contributed by atoms with Gasteiger partial charge < -0.3 is 14.6 Å². The van der Waals surface area contributed by atoms with Gasteiger partial charge in [0.05, 0.1) is 5.37 Å². The Morgan fingerprint density at radius 1 is 1.42 bits per heavy atom. The minimum absolute atomic E-state index is 0.0504. The molecule has 1 aromatic carbocycles. The van der Waals surface area contributed by atoms with Crippen molar-refractivity contribution >= 4 is 17.7 Å². The van der Waals surface area contributed by atoms with Gasteiger partial charge in [0.2, 0.25) is 6.79 Å². The number of aliphatic carboxylic acids is 1. The van der Waals surface area contributed by atoms with Crippen molar-refractivity contribution in [3.05, 3.63) is 23.8 Å². The quantitative estimate of drug-likeness (QED) is 0.864. The van der Waals surface area contributed by atoms with Crippen molar-refractivity contribution in [1.82, 2.24) is 5.32 Å². The monoisotopic (exact) mass is 281 g/mol. The number of rotatable bonds is 2. The zero-order valence-electron chi connectivity index (χ0n) is 10.7. The Hall–Kier alpha value is -1.40. The van der Waals surface area contributed by atoms with Crippen LogP contribution < -0.4 is 14.8 Å². The first-order valence-corrected chi connectivity index (χ1v) is 6.91. The van der Waals surface area contributed by atoms with Crippen LogP contribution in [0.25, 0.3) is 0 Å². The average molecular weight is 281 g/mol. The fourth-order valence-corrected chi connectivity index (χ4v) is 3.77. The minimum atomic E-state index is -0.819. The number of nitrogens with one attached hydrogen (secondary N) is 1. The lowest BCUT2D eigenvalue weighted by Crippen LogP contribution is -2.43. The number of hydrogen-bond donors (Lipinski definition) is 2. The Morgan fingerprint density at radius 3 is 2.84 bits per heavy atom. The van der Waals surface area contributed by atoms with Crippen molar-refractivity contribution in [3.63, 3.8) is 0 Å². The SMILES string of the molecule is CC1(C)S[C@@H](c2ccc3c(c2)OCO3)N[C@@H]1C(=O)O. The summed E-state index contributed by atoms with van der Waals surface area (Å²) in [7, 11) is 0. The molecule has 102 valence electrons. The molecular weight excluding hydrogens is 266 g/mol. The minimum Gasteiger partial charge on any atom is -0.480 e. The number of fused-ring (bicyclic) bond motifs is 1. The van der Waals surface area contributed by atoms with E-state index in [0.717, 1.165) is 17.1 Å². The number of ether oxygens (including phenoxy) is 2. The van der Waals surface area contributed by atoms with Gasteiger partial charge >= 0.3 is 5.97 Å². The predicted molar refractivity (Wildman–Crippen MR) is 71.5 cm³/mol. The molecule has 19 heavy (non-hydrogen) atoms. The molecule has 6 heteroatoms. The van der Waals surface area contributed by atoms with E-state index in [1.54, 1.807) is 11.8 Å². The molecule has 0 aromatic heterocycles. The van der Waals surface area contributed by atoms with Crippen molar-refractivity contribution in [2.75, 3.05) is 6.79 Å². The Bertz CT molecular complexity index is 531. The molecule has 1 fully saturated rings. The van der Waals surface area contributed by atoms with Crippen LogP contribution in [0, 0.1) is 0 Å². The Balaban J connectivity index is 1.86. The molecule has 1 aromatic rings. The lowest BCUT2D eigenvalue weighted by Gasteiger charge is -2.20. The van der Waals surface area contributed by atoms with Crippen molar-refractivity contribution in [2.45, 2.75) is 30.0 Å². The van der Waals surface area contributed by atoms with E-state index in [1.165, 1.54) is 0 Å². The molecule has 2 aliphatic heterocycles. The van der Waals surface area contributed by atoms with E-state index in [1.807, 2.05) is 32.0 Å². The molecule has 1 saturated heterocycles. The summed E-state index contributed by atoms with van der Waals surface area (Å²) in [6.45, 7) is 4.13. The van der Waals surface area contributed by atoms with Crippen LogP contribution in [0.15, 0.2) is 18.2 Å². The lowest BCUT2D eigenvalue weighted by molar-refractivity contribution is -0.139.